The molecular formula is C17H24FN3O3. The molecule has 0 unspecified atom stereocenters. The minimum Gasteiger partial charge on any atom is -0.493 e. The van der Waals surface area contributed by atoms with Crippen LogP contribution < -0.4 is 15.8 Å². The van der Waals surface area contributed by atoms with E-state index < -0.39 is 11.9 Å². The van der Waals surface area contributed by atoms with Crippen LogP contribution >= 0.6 is 0 Å². The van der Waals surface area contributed by atoms with Crippen molar-refractivity contribution in [2.45, 2.75) is 31.7 Å². The van der Waals surface area contributed by atoms with Gasteiger partial charge in [-0.15, -0.1) is 0 Å². The van der Waals surface area contributed by atoms with Gasteiger partial charge in [-0.3, -0.25) is 9.59 Å². The number of rotatable bonds is 6. The summed E-state index contributed by atoms with van der Waals surface area (Å²) in [7, 11) is 1.54. The van der Waals surface area contributed by atoms with E-state index in [9.17, 15) is 14.0 Å². The lowest BCUT2D eigenvalue weighted by atomic mass is 9.99. The number of hydrogen-bond donors (Lipinski definition) is 2. The van der Waals surface area contributed by atoms with E-state index >= 15 is 0 Å². The van der Waals surface area contributed by atoms with Crippen LogP contribution in [0.15, 0.2) is 18.2 Å². The van der Waals surface area contributed by atoms with E-state index in [4.69, 9.17) is 10.5 Å². The van der Waals surface area contributed by atoms with Gasteiger partial charge in [-0.05, 0) is 50.4 Å². The summed E-state index contributed by atoms with van der Waals surface area (Å²) in [6.45, 7) is 1.28. The number of likely N-dealkylation sites (N-methyl/N-ethyl adjacent to an activating group) is 1. The van der Waals surface area contributed by atoms with Crippen LogP contribution in [0.4, 0.5) is 4.39 Å². The third kappa shape index (κ3) is 4.23. The van der Waals surface area contributed by atoms with Gasteiger partial charge in [0.2, 0.25) is 5.91 Å². The molecule has 1 fully saturated rings. The molecule has 1 aliphatic heterocycles. The fourth-order valence-corrected chi connectivity index (χ4v) is 2.83. The molecule has 1 aliphatic rings. The van der Waals surface area contributed by atoms with E-state index in [0.29, 0.717) is 38.3 Å². The molecule has 0 spiro atoms. The van der Waals surface area contributed by atoms with Crippen molar-refractivity contribution >= 4 is 11.8 Å². The monoisotopic (exact) mass is 337 g/mol. The highest BCUT2D eigenvalue weighted by Gasteiger charge is 2.33. The maximum absolute atomic E-state index is 13.7. The average molecular weight is 337 g/mol. The lowest BCUT2D eigenvalue weighted by Crippen LogP contribution is -2.51. The SMILES string of the molecule is CNC(=O)[C@@H]1CCCCN1C(=O)c1cc(F)ccc1OCCCN. The number of carbonyl (C=O) groups is 2. The molecule has 1 aromatic rings. The number of piperidine rings is 1. The topological polar surface area (TPSA) is 84.7 Å². The summed E-state index contributed by atoms with van der Waals surface area (Å²) in [5.41, 5.74) is 5.58. The Labute approximate surface area is 141 Å². The van der Waals surface area contributed by atoms with Gasteiger partial charge in [0.25, 0.3) is 5.91 Å². The van der Waals surface area contributed by atoms with E-state index in [2.05, 4.69) is 5.32 Å². The molecule has 3 N–H and O–H groups in total. The predicted molar refractivity (Wildman–Crippen MR) is 88.3 cm³/mol. The van der Waals surface area contributed by atoms with Crippen molar-refractivity contribution in [1.29, 1.82) is 0 Å². The van der Waals surface area contributed by atoms with Crippen molar-refractivity contribution in [1.82, 2.24) is 10.2 Å². The van der Waals surface area contributed by atoms with Crippen LogP contribution in [0.2, 0.25) is 0 Å². The molecule has 0 aliphatic carbocycles. The van der Waals surface area contributed by atoms with Gasteiger partial charge in [-0.1, -0.05) is 0 Å². The molecule has 0 radical (unpaired) electrons. The molecule has 0 saturated carbocycles. The van der Waals surface area contributed by atoms with E-state index in [0.717, 1.165) is 18.9 Å². The summed E-state index contributed by atoms with van der Waals surface area (Å²) in [5.74, 6) is -0.787. The minimum absolute atomic E-state index is 0.142. The number of likely N-dealkylation sites (tertiary alicyclic amines) is 1. The van der Waals surface area contributed by atoms with E-state index in [1.807, 2.05) is 0 Å². The smallest absolute Gasteiger partial charge is 0.258 e. The lowest BCUT2D eigenvalue weighted by Gasteiger charge is -2.34. The van der Waals surface area contributed by atoms with Crippen LogP contribution in [0.25, 0.3) is 0 Å². The predicted octanol–water partition coefficient (Wildman–Crippen LogP) is 1.29. The van der Waals surface area contributed by atoms with E-state index in [1.54, 1.807) is 7.05 Å². The number of halogens is 1. The minimum atomic E-state index is -0.531. The number of hydrogen-bond acceptors (Lipinski definition) is 4. The van der Waals surface area contributed by atoms with Crippen LogP contribution in [0.3, 0.4) is 0 Å². The Balaban J connectivity index is 2.26. The Morgan fingerprint density at radius 1 is 1.42 bits per heavy atom. The average Bonchev–Trinajstić information content (AvgIpc) is 2.61. The van der Waals surface area contributed by atoms with Crippen LogP contribution in [-0.2, 0) is 4.79 Å². The van der Waals surface area contributed by atoms with Crippen molar-refractivity contribution in [3.63, 3.8) is 0 Å². The van der Waals surface area contributed by atoms with Gasteiger partial charge in [-0.2, -0.15) is 0 Å². The Morgan fingerprint density at radius 2 is 2.21 bits per heavy atom. The highest BCUT2D eigenvalue weighted by molar-refractivity contribution is 5.99. The maximum atomic E-state index is 13.7. The summed E-state index contributed by atoms with van der Waals surface area (Å²) >= 11 is 0. The van der Waals surface area contributed by atoms with Crippen molar-refractivity contribution in [2.24, 2.45) is 5.73 Å². The number of ether oxygens (including phenoxy) is 1. The summed E-state index contributed by atoms with van der Waals surface area (Å²) in [6.07, 6.45) is 2.93. The molecule has 6 nitrogen and oxygen atoms in total. The van der Waals surface area contributed by atoms with E-state index in [1.165, 1.54) is 17.0 Å². The molecule has 0 bridgehead atoms. The number of nitrogens with zero attached hydrogens (tertiary/aromatic N) is 1. The van der Waals surface area contributed by atoms with E-state index in [-0.39, 0.29) is 17.4 Å². The fourth-order valence-electron chi connectivity index (χ4n) is 2.83. The molecule has 1 atom stereocenters. The van der Waals surface area contributed by atoms with Gasteiger partial charge in [0.1, 0.15) is 17.6 Å². The molecule has 1 saturated heterocycles. The molecule has 1 heterocycles. The molecule has 1 aromatic carbocycles. The van der Waals surface area contributed by atoms with Crippen molar-refractivity contribution in [2.75, 3.05) is 26.7 Å². The van der Waals surface area contributed by atoms with Gasteiger partial charge in [0.15, 0.2) is 0 Å². The van der Waals surface area contributed by atoms with Gasteiger partial charge in [0, 0.05) is 13.6 Å². The second kappa shape index (κ2) is 8.63. The first kappa shape index (κ1) is 18.2. The van der Waals surface area contributed by atoms with Crippen LogP contribution in [-0.4, -0.2) is 49.5 Å². The second-order valence-electron chi connectivity index (χ2n) is 5.76. The maximum Gasteiger partial charge on any atom is 0.258 e. The molecule has 2 rings (SSSR count). The van der Waals surface area contributed by atoms with Crippen LogP contribution in [0.1, 0.15) is 36.0 Å². The third-order valence-corrected chi connectivity index (χ3v) is 4.09. The highest BCUT2D eigenvalue weighted by atomic mass is 19.1. The number of benzene rings is 1. The number of amides is 2. The van der Waals surface area contributed by atoms with Crippen LogP contribution in [0, 0.1) is 5.82 Å². The van der Waals surface area contributed by atoms with Gasteiger partial charge < -0.3 is 20.7 Å². The lowest BCUT2D eigenvalue weighted by molar-refractivity contribution is -0.126. The highest BCUT2D eigenvalue weighted by Crippen LogP contribution is 2.26. The largest absolute Gasteiger partial charge is 0.493 e. The Hall–Kier alpha value is -2.15. The quantitative estimate of drug-likeness (QED) is 0.766. The molecular weight excluding hydrogens is 313 g/mol. The first-order valence-corrected chi connectivity index (χ1v) is 8.23. The third-order valence-electron chi connectivity index (χ3n) is 4.09. The normalized spacial score (nSPS) is 17.5. The summed E-state index contributed by atoms with van der Waals surface area (Å²) in [6, 6.07) is 3.32. The standard InChI is InChI=1S/C17H24FN3O3/c1-20-16(22)14-5-2-3-9-21(14)17(23)13-11-12(18)6-7-15(13)24-10-4-8-19/h6-7,11,14H,2-5,8-10,19H2,1H3,(H,20,22)/t14-/m0/s1. The molecule has 2 amide bonds. The first-order chi connectivity index (χ1) is 11.6. The summed E-state index contributed by atoms with van der Waals surface area (Å²) < 4.78 is 19.2. The Morgan fingerprint density at radius 3 is 2.92 bits per heavy atom. The van der Waals surface area contributed by atoms with Crippen molar-refractivity contribution < 1.29 is 18.7 Å². The second-order valence-corrected chi connectivity index (χ2v) is 5.76. The zero-order valence-electron chi connectivity index (χ0n) is 13.9. The zero-order chi connectivity index (χ0) is 17.5. The zero-order valence-corrected chi connectivity index (χ0v) is 13.9. The van der Waals surface area contributed by atoms with Crippen molar-refractivity contribution in [3.8, 4) is 5.75 Å². The Bertz CT molecular complexity index is 594. The van der Waals surface area contributed by atoms with Gasteiger partial charge in [0.05, 0.1) is 12.2 Å². The number of carbonyl (C=O) groups excluding carboxylic acids is 2. The molecule has 132 valence electrons. The molecule has 7 heteroatoms. The number of nitrogens with one attached hydrogen (secondary N) is 1. The molecule has 0 aromatic heterocycles. The summed E-state index contributed by atoms with van der Waals surface area (Å²) in [4.78, 5) is 26.5. The Kier molecular flexibility index (Phi) is 6.54. The number of nitrogens with two attached hydrogens (primary N) is 1. The first-order valence-electron chi connectivity index (χ1n) is 8.23. The molecule has 24 heavy (non-hydrogen) atoms. The van der Waals surface area contributed by atoms with Crippen LogP contribution in [0.5, 0.6) is 5.75 Å². The summed E-state index contributed by atoms with van der Waals surface area (Å²) in [5, 5.41) is 2.59. The van der Waals surface area contributed by atoms with Gasteiger partial charge >= 0.3 is 0 Å². The van der Waals surface area contributed by atoms with Gasteiger partial charge in [-0.25, -0.2) is 4.39 Å². The fraction of sp³-hybridized carbons (Fsp3) is 0.529. The van der Waals surface area contributed by atoms with Crippen molar-refractivity contribution in [3.05, 3.63) is 29.6 Å².